The number of aromatic nitrogens is 1. The van der Waals surface area contributed by atoms with Crippen LogP contribution in [-0.2, 0) is 16.1 Å². The van der Waals surface area contributed by atoms with Crippen LogP contribution < -0.4 is 19.7 Å². The van der Waals surface area contributed by atoms with Crippen molar-refractivity contribution in [3.8, 4) is 6.07 Å². The van der Waals surface area contributed by atoms with Gasteiger partial charge < -0.3 is 9.64 Å². The number of carbonyl (C=O) groups is 1. The highest BCUT2D eigenvalue weighted by Gasteiger charge is 2.21. The van der Waals surface area contributed by atoms with Gasteiger partial charge in [-0.1, -0.05) is 31.2 Å². The number of nitrogens with zero attached hydrogens (tertiary/aromatic N) is 3. The summed E-state index contributed by atoms with van der Waals surface area (Å²) < 4.78 is 7.41. The molecular weight excluding hydrogens is 386 g/mol. The summed E-state index contributed by atoms with van der Waals surface area (Å²) in [5.41, 5.74) is 2.57. The minimum absolute atomic E-state index is 0.127. The second-order valence-corrected chi connectivity index (χ2v) is 7.42. The van der Waals surface area contributed by atoms with Crippen LogP contribution >= 0.6 is 11.3 Å². The molecule has 7 heteroatoms. The van der Waals surface area contributed by atoms with E-state index in [0.717, 1.165) is 16.9 Å². The van der Waals surface area contributed by atoms with E-state index in [2.05, 4.69) is 4.90 Å². The lowest BCUT2D eigenvalue weighted by Gasteiger charge is -2.28. The molecule has 1 aliphatic heterocycles. The minimum Gasteiger partial charge on any atom is -0.462 e. The molecule has 0 bridgehead atoms. The zero-order chi connectivity index (χ0) is 21.0. The van der Waals surface area contributed by atoms with E-state index in [4.69, 9.17) is 4.74 Å². The van der Waals surface area contributed by atoms with Crippen LogP contribution in [0.15, 0.2) is 35.1 Å². The van der Waals surface area contributed by atoms with Crippen molar-refractivity contribution in [1.82, 2.24) is 4.57 Å². The first-order valence-electron chi connectivity index (χ1n) is 9.67. The van der Waals surface area contributed by atoms with Gasteiger partial charge in [-0.2, -0.15) is 5.26 Å². The molecule has 0 unspecified atom stereocenters. The van der Waals surface area contributed by atoms with Crippen molar-refractivity contribution in [2.24, 2.45) is 0 Å². The van der Waals surface area contributed by atoms with Gasteiger partial charge in [-0.05, 0) is 38.0 Å². The number of thiazole rings is 1. The third kappa shape index (κ3) is 3.76. The third-order valence-corrected chi connectivity index (χ3v) is 5.83. The quantitative estimate of drug-likeness (QED) is 0.708. The number of fused-ring (bicyclic) bond motifs is 1. The maximum absolute atomic E-state index is 13.3. The van der Waals surface area contributed by atoms with Crippen LogP contribution in [0, 0.1) is 11.3 Å². The predicted octanol–water partition coefficient (Wildman–Crippen LogP) is 2.22. The smallest absolute Gasteiger partial charge is 0.351 e. The Labute approximate surface area is 173 Å². The van der Waals surface area contributed by atoms with Crippen LogP contribution in [0.25, 0.3) is 17.3 Å². The molecule has 0 amide bonds. The van der Waals surface area contributed by atoms with E-state index < -0.39 is 5.97 Å². The number of esters is 1. The first-order valence-corrected chi connectivity index (χ1v) is 10.5. The van der Waals surface area contributed by atoms with Crippen molar-refractivity contribution in [3.63, 3.8) is 0 Å². The van der Waals surface area contributed by atoms with Crippen molar-refractivity contribution >= 4 is 40.3 Å². The normalized spacial score (nSPS) is 15.6. The Kier molecular flexibility index (Phi) is 6.35. The van der Waals surface area contributed by atoms with Crippen LogP contribution in [0.1, 0.15) is 32.8 Å². The van der Waals surface area contributed by atoms with Crippen LogP contribution in [0.2, 0.25) is 0 Å². The average Bonchev–Trinajstić information content (AvgIpc) is 3.04. The summed E-state index contributed by atoms with van der Waals surface area (Å²) in [6.07, 6.45) is 4.62. The maximum atomic E-state index is 13.3. The van der Waals surface area contributed by atoms with Gasteiger partial charge in [0.15, 0.2) is 5.57 Å². The highest BCUT2D eigenvalue weighted by atomic mass is 32.1. The Morgan fingerprint density at radius 2 is 1.97 bits per heavy atom. The van der Waals surface area contributed by atoms with E-state index in [-0.39, 0.29) is 17.7 Å². The molecule has 0 N–H and O–H groups in total. The maximum Gasteiger partial charge on any atom is 0.351 e. The number of hydrogen-bond acceptors (Lipinski definition) is 6. The fourth-order valence-corrected chi connectivity index (χ4v) is 4.56. The molecule has 0 saturated heterocycles. The van der Waals surface area contributed by atoms with E-state index in [1.807, 2.05) is 56.3 Å². The molecule has 2 heterocycles. The number of carbonyl (C=O) groups excluding carboxylic acids is 1. The molecule has 0 atom stereocenters. The first-order chi connectivity index (χ1) is 14.1. The Morgan fingerprint density at radius 3 is 2.62 bits per heavy atom. The number of para-hydroxylation sites is 1. The SMILES string of the molecule is CCCn1c(=C(C#N)C(=O)OCC)sc(=C2C=Cc3ccccc3N2CC)c1=O. The second kappa shape index (κ2) is 8.93. The van der Waals surface area contributed by atoms with Crippen molar-refractivity contribution in [1.29, 1.82) is 5.26 Å². The van der Waals surface area contributed by atoms with E-state index in [1.165, 1.54) is 15.9 Å². The molecule has 2 aromatic rings. The van der Waals surface area contributed by atoms with Gasteiger partial charge in [-0.15, -0.1) is 11.3 Å². The number of likely N-dealkylation sites (N-methyl/N-ethyl adjacent to an activating group) is 1. The van der Waals surface area contributed by atoms with Crippen LogP contribution in [0.3, 0.4) is 0 Å². The van der Waals surface area contributed by atoms with E-state index in [9.17, 15) is 14.9 Å². The number of ether oxygens (including phenoxy) is 1. The molecule has 0 spiro atoms. The summed E-state index contributed by atoms with van der Waals surface area (Å²) in [7, 11) is 0. The van der Waals surface area contributed by atoms with Gasteiger partial charge in [0.05, 0.1) is 12.3 Å². The summed E-state index contributed by atoms with van der Waals surface area (Å²) >= 11 is 1.17. The molecule has 0 fully saturated rings. The molecule has 0 aliphatic carbocycles. The van der Waals surface area contributed by atoms with Gasteiger partial charge >= 0.3 is 5.97 Å². The topological polar surface area (TPSA) is 75.3 Å². The molecule has 150 valence electrons. The van der Waals surface area contributed by atoms with Crippen LogP contribution in [0.5, 0.6) is 0 Å². The molecule has 1 aromatic carbocycles. The van der Waals surface area contributed by atoms with Crippen LogP contribution in [-0.4, -0.2) is 23.7 Å². The molecule has 29 heavy (non-hydrogen) atoms. The summed E-state index contributed by atoms with van der Waals surface area (Å²) in [5, 5.41) is 9.58. The summed E-state index contributed by atoms with van der Waals surface area (Å²) in [6.45, 7) is 6.94. The lowest BCUT2D eigenvalue weighted by Crippen LogP contribution is -2.37. The number of anilines is 1. The van der Waals surface area contributed by atoms with Gasteiger partial charge in [0.2, 0.25) is 0 Å². The van der Waals surface area contributed by atoms with Crippen LogP contribution in [0.4, 0.5) is 5.69 Å². The lowest BCUT2D eigenvalue weighted by molar-refractivity contribution is -0.136. The molecule has 1 aromatic heterocycles. The molecule has 0 saturated carbocycles. The number of benzene rings is 1. The standard InChI is InChI=1S/C22H23N3O3S/c1-4-13-25-20(26)19(29-21(25)16(14-23)22(27)28-6-3)18-12-11-15-9-7-8-10-17(15)24(18)5-2/h7-12H,4-6,13H2,1-3H3. The zero-order valence-corrected chi connectivity index (χ0v) is 17.6. The molecule has 0 radical (unpaired) electrons. The summed E-state index contributed by atoms with van der Waals surface area (Å²) in [5.74, 6) is -0.700. The van der Waals surface area contributed by atoms with Crippen molar-refractivity contribution < 1.29 is 9.53 Å². The molecule has 1 aliphatic rings. The largest absolute Gasteiger partial charge is 0.462 e. The summed E-state index contributed by atoms with van der Waals surface area (Å²) in [6, 6.07) is 9.94. The number of rotatable bonds is 5. The summed E-state index contributed by atoms with van der Waals surface area (Å²) in [4.78, 5) is 27.6. The zero-order valence-electron chi connectivity index (χ0n) is 16.8. The Morgan fingerprint density at radius 1 is 1.21 bits per heavy atom. The Hall–Kier alpha value is -3.11. The predicted molar refractivity (Wildman–Crippen MR) is 116 cm³/mol. The highest BCUT2D eigenvalue weighted by Crippen LogP contribution is 2.30. The van der Waals surface area contributed by atoms with Crippen molar-refractivity contribution in [2.75, 3.05) is 18.1 Å². The average molecular weight is 410 g/mol. The van der Waals surface area contributed by atoms with Gasteiger partial charge in [-0.3, -0.25) is 9.36 Å². The van der Waals surface area contributed by atoms with Gasteiger partial charge in [0.1, 0.15) is 15.3 Å². The Balaban J connectivity index is 2.37. The lowest BCUT2D eigenvalue weighted by atomic mass is 10.1. The monoisotopic (exact) mass is 409 g/mol. The van der Waals surface area contributed by atoms with Gasteiger partial charge in [0, 0.05) is 18.8 Å². The first kappa shape index (κ1) is 20.6. The second-order valence-electron chi connectivity index (χ2n) is 6.42. The Bertz CT molecular complexity index is 1180. The molecule has 6 nitrogen and oxygen atoms in total. The third-order valence-electron chi connectivity index (χ3n) is 4.62. The number of nitriles is 1. The minimum atomic E-state index is -0.700. The van der Waals surface area contributed by atoms with Crippen molar-refractivity contribution in [3.05, 3.63) is 55.5 Å². The number of hydrogen-bond donors (Lipinski definition) is 0. The molecule has 3 rings (SSSR count). The fourth-order valence-electron chi connectivity index (χ4n) is 3.37. The van der Waals surface area contributed by atoms with Crippen molar-refractivity contribution in [2.45, 2.75) is 33.7 Å². The van der Waals surface area contributed by atoms with Gasteiger partial charge in [-0.25, -0.2) is 4.79 Å². The fraction of sp³-hybridized carbons (Fsp3) is 0.318. The van der Waals surface area contributed by atoms with E-state index in [0.29, 0.717) is 28.7 Å². The molecular formula is C22H23N3O3S. The van der Waals surface area contributed by atoms with Gasteiger partial charge in [0.25, 0.3) is 5.56 Å². The van der Waals surface area contributed by atoms with E-state index >= 15 is 0 Å². The highest BCUT2D eigenvalue weighted by molar-refractivity contribution is 7.07. The van der Waals surface area contributed by atoms with E-state index in [1.54, 1.807) is 6.92 Å².